The van der Waals surface area contributed by atoms with Gasteiger partial charge in [0.25, 0.3) is 0 Å². The Balaban J connectivity index is 2.93. The van der Waals surface area contributed by atoms with Crippen LogP contribution in [0, 0.1) is 0 Å². The summed E-state index contributed by atoms with van der Waals surface area (Å²) in [5.74, 6) is -0.427. The van der Waals surface area contributed by atoms with Crippen LogP contribution in [0.5, 0.6) is 0 Å². The molecule has 0 radical (unpaired) electrons. The summed E-state index contributed by atoms with van der Waals surface area (Å²) in [5.41, 5.74) is 0.346. The van der Waals surface area contributed by atoms with Crippen molar-refractivity contribution in [3.8, 4) is 0 Å². The number of hydrogen-bond donors (Lipinski definition) is 0. The zero-order chi connectivity index (χ0) is 15.9. The molecule has 0 aromatic heterocycles. The van der Waals surface area contributed by atoms with Crippen molar-refractivity contribution in [3.63, 3.8) is 0 Å². The van der Waals surface area contributed by atoms with Gasteiger partial charge in [0.15, 0.2) is 14.1 Å². The van der Waals surface area contributed by atoms with Gasteiger partial charge in [0.2, 0.25) is 0 Å². The van der Waals surface area contributed by atoms with Crippen LogP contribution in [0.1, 0.15) is 40.5 Å². The predicted molar refractivity (Wildman–Crippen MR) is 75.1 cm³/mol. The minimum absolute atomic E-state index is 0.0386. The molecule has 6 heteroatoms. The molecule has 20 heavy (non-hydrogen) atoms. The fraction of sp³-hybridized carbons (Fsp3) is 0.786. The van der Waals surface area contributed by atoms with Crippen LogP contribution >= 0.6 is 0 Å². The lowest BCUT2D eigenvalue weighted by Crippen LogP contribution is -2.43. The van der Waals surface area contributed by atoms with E-state index in [9.17, 15) is 18.0 Å². The Hall–Kier alpha value is -0.623. The summed E-state index contributed by atoms with van der Waals surface area (Å²) in [6.45, 7) is 11.8. The van der Waals surface area contributed by atoms with Crippen molar-refractivity contribution >= 4 is 14.1 Å². The molecule has 2 nitrogen and oxygen atoms in total. The first kappa shape index (κ1) is 17.4. The minimum atomic E-state index is -4.35. The lowest BCUT2D eigenvalue weighted by atomic mass is 10.1. The summed E-state index contributed by atoms with van der Waals surface area (Å²) in [4.78, 5) is 11.8. The van der Waals surface area contributed by atoms with E-state index in [2.05, 4.69) is 20.8 Å². The number of carbonyl (C=O) groups excluding carboxylic acids is 1. The highest BCUT2D eigenvalue weighted by molar-refractivity contribution is 6.74. The van der Waals surface area contributed by atoms with Gasteiger partial charge in [-0.15, -0.1) is 0 Å². The third kappa shape index (κ3) is 3.94. The number of hydrogen-bond acceptors (Lipinski definition) is 2. The normalized spacial score (nSPS) is 21.9. The Morgan fingerprint density at radius 2 is 1.75 bits per heavy atom. The van der Waals surface area contributed by atoms with Gasteiger partial charge in [-0.2, -0.15) is 13.2 Å². The molecule has 1 aliphatic carbocycles. The molecule has 0 spiro atoms. The lowest BCUT2D eigenvalue weighted by Gasteiger charge is -2.38. The molecule has 0 bridgehead atoms. The van der Waals surface area contributed by atoms with Gasteiger partial charge in [0, 0.05) is 12.0 Å². The van der Waals surface area contributed by atoms with Gasteiger partial charge in [-0.1, -0.05) is 20.8 Å². The van der Waals surface area contributed by atoms with E-state index in [0.29, 0.717) is 5.57 Å². The Kier molecular flexibility index (Phi) is 4.61. The van der Waals surface area contributed by atoms with Crippen molar-refractivity contribution in [2.24, 2.45) is 0 Å². The fourth-order valence-corrected chi connectivity index (χ4v) is 3.28. The summed E-state index contributed by atoms with van der Waals surface area (Å²) in [6, 6.07) is 0. The Labute approximate surface area is 119 Å². The van der Waals surface area contributed by atoms with Crippen molar-refractivity contribution in [1.82, 2.24) is 0 Å². The first-order chi connectivity index (χ1) is 8.74. The SMILES string of the molecule is CC1=C(CC(F)(F)F)C(=O)CC1O[Si](C)(C)C(C)(C)C. The van der Waals surface area contributed by atoms with Gasteiger partial charge >= 0.3 is 6.18 Å². The summed E-state index contributed by atoms with van der Waals surface area (Å²) in [7, 11) is -2.10. The van der Waals surface area contributed by atoms with Crippen LogP contribution in [-0.2, 0) is 9.22 Å². The van der Waals surface area contributed by atoms with Crippen molar-refractivity contribution in [1.29, 1.82) is 0 Å². The van der Waals surface area contributed by atoms with Gasteiger partial charge in [0.05, 0.1) is 12.5 Å². The standard InChI is InChI=1S/C14H23F3O2Si/c1-9-10(8-14(15,16)17)11(18)7-12(9)19-20(5,6)13(2,3)4/h12H,7-8H2,1-6H3. The molecule has 0 heterocycles. The number of halogens is 3. The largest absolute Gasteiger partial charge is 0.410 e. The third-order valence-corrected chi connectivity index (χ3v) is 8.77. The number of carbonyl (C=O) groups is 1. The average Bonchev–Trinajstić information content (AvgIpc) is 2.41. The maximum Gasteiger partial charge on any atom is 0.393 e. The molecular weight excluding hydrogens is 285 g/mol. The number of Topliss-reactive ketones (excluding diaryl/α,β-unsaturated/α-hetero) is 1. The molecule has 1 atom stereocenters. The van der Waals surface area contributed by atoms with Gasteiger partial charge in [0.1, 0.15) is 0 Å². The van der Waals surface area contributed by atoms with Crippen LogP contribution in [0.25, 0.3) is 0 Å². The summed E-state index contributed by atoms with van der Waals surface area (Å²) >= 11 is 0. The fourth-order valence-electron chi connectivity index (χ4n) is 1.96. The van der Waals surface area contributed by atoms with Crippen LogP contribution in [-0.4, -0.2) is 26.4 Å². The van der Waals surface area contributed by atoms with E-state index in [4.69, 9.17) is 4.43 Å². The second-order valence-corrected chi connectivity index (χ2v) is 11.7. The van der Waals surface area contributed by atoms with E-state index < -0.39 is 32.8 Å². The van der Waals surface area contributed by atoms with E-state index in [1.54, 1.807) is 6.92 Å². The highest BCUT2D eigenvalue weighted by Gasteiger charge is 2.43. The van der Waals surface area contributed by atoms with E-state index in [1.807, 2.05) is 13.1 Å². The molecule has 1 aliphatic rings. The number of rotatable bonds is 3. The number of ketones is 1. The van der Waals surface area contributed by atoms with Gasteiger partial charge in [-0.05, 0) is 30.6 Å². The molecule has 0 aromatic rings. The zero-order valence-corrected chi connectivity index (χ0v) is 13.9. The second kappa shape index (κ2) is 5.29. The number of alkyl halides is 3. The molecule has 0 fully saturated rings. The van der Waals surface area contributed by atoms with E-state index in [-0.39, 0.29) is 17.0 Å². The topological polar surface area (TPSA) is 26.3 Å². The maximum atomic E-state index is 12.5. The van der Waals surface area contributed by atoms with Crippen LogP contribution in [0.3, 0.4) is 0 Å². The van der Waals surface area contributed by atoms with Crippen molar-refractivity contribution in [2.45, 2.75) is 70.9 Å². The minimum Gasteiger partial charge on any atom is -0.410 e. The Morgan fingerprint density at radius 1 is 1.25 bits per heavy atom. The van der Waals surface area contributed by atoms with Gasteiger partial charge in [-0.3, -0.25) is 4.79 Å². The molecule has 0 aliphatic heterocycles. The van der Waals surface area contributed by atoms with E-state index in [0.717, 1.165) is 0 Å². The van der Waals surface area contributed by atoms with Crippen LogP contribution in [0.2, 0.25) is 18.1 Å². The predicted octanol–water partition coefficient (Wildman–Crippen LogP) is 4.62. The smallest absolute Gasteiger partial charge is 0.393 e. The molecule has 0 saturated carbocycles. The van der Waals surface area contributed by atoms with Crippen LogP contribution in [0.4, 0.5) is 13.2 Å². The van der Waals surface area contributed by atoms with Crippen molar-refractivity contribution < 1.29 is 22.4 Å². The first-order valence-corrected chi connectivity index (χ1v) is 9.63. The first-order valence-electron chi connectivity index (χ1n) is 6.72. The molecule has 0 saturated heterocycles. The molecule has 1 unspecified atom stereocenters. The quantitative estimate of drug-likeness (QED) is 0.711. The van der Waals surface area contributed by atoms with Gasteiger partial charge < -0.3 is 4.43 Å². The lowest BCUT2D eigenvalue weighted by molar-refractivity contribution is -0.133. The average molecular weight is 308 g/mol. The maximum absolute atomic E-state index is 12.5. The van der Waals surface area contributed by atoms with Crippen LogP contribution in [0.15, 0.2) is 11.1 Å². The van der Waals surface area contributed by atoms with Crippen molar-refractivity contribution in [3.05, 3.63) is 11.1 Å². The molecular formula is C14H23F3O2Si. The zero-order valence-electron chi connectivity index (χ0n) is 12.9. The number of allylic oxidation sites excluding steroid dienone is 1. The summed E-state index contributed by atoms with van der Waals surface area (Å²) in [5, 5.41) is -0.0386. The molecule has 0 N–H and O–H groups in total. The molecule has 116 valence electrons. The van der Waals surface area contributed by atoms with E-state index >= 15 is 0 Å². The highest BCUT2D eigenvalue weighted by Crippen LogP contribution is 2.41. The van der Waals surface area contributed by atoms with Crippen LogP contribution < -0.4 is 0 Å². The second-order valence-electron chi connectivity index (χ2n) is 6.95. The third-order valence-electron chi connectivity index (χ3n) is 4.29. The molecule has 0 aromatic carbocycles. The summed E-state index contributed by atoms with van der Waals surface area (Å²) in [6.07, 6.45) is -5.93. The monoisotopic (exact) mass is 308 g/mol. The Bertz CT molecular complexity index is 431. The molecule has 0 amide bonds. The molecule has 1 rings (SSSR count). The Morgan fingerprint density at radius 3 is 2.15 bits per heavy atom. The van der Waals surface area contributed by atoms with Gasteiger partial charge in [-0.25, -0.2) is 0 Å². The van der Waals surface area contributed by atoms with E-state index in [1.165, 1.54) is 0 Å². The summed E-state index contributed by atoms with van der Waals surface area (Å²) < 4.78 is 43.6. The van der Waals surface area contributed by atoms with Crippen molar-refractivity contribution in [2.75, 3.05) is 0 Å². The highest BCUT2D eigenvalue weighted by atomic mass is 28.4.